The summed E-state index contributed by atoms with van der Waals surface area (Å²) in [5, 5.41) is 11.6. The van der Waals surface area contributed by atoms with E-state index in [4.69, 9.17) is 23.8 Å². The number of para-hydroxylation sites is 2. The summed E-state index contributed by atoms with van der Waals surface area (Å²) in [6.07, 6.45) is 0. The Labute approximate surface area is 447 Å². The maximum atomic E-state index is 6.76. The Morgan fingerprint density at radius 2 is 0.870 bits per heavy atom. The van der Waals surface area contributed by atoms with Gasteiger partial charge in [-0.1, -0.05) is 146 Å². The van der Waals surface area contributed by atoms with Crippen molar-refractivity contribution in [1.82, 2.24) is 19.5 Å². The predicted molar refractivity (Wildman–Crippen MR) is 322 cm³/mol. The number of nitrogens with zero attached hydrogens (tertiary/aromatic N) is 4. The quantitative estimate of drug-likeness (QED) is 0.166. The van der Waals surface area contributed by atoms with E-state index in [2.05, 4.69) is 193 Å². The molecular formula is C69H38N4O2S2. The van der Waals surface area contributed by atoms with E-state index in [1.807, 2.05) is 65.1 Å². The number of benzene rings is 11. The van der Waals surface area contributed by atoms with Crippen molar-refractivity contribution in [2.75, 3.05) is 0 Å². The van der Waals surface area contributed by atoms with Crippen LogP contribution in [0.1, 0.15) is 0 Å². The van der Waals surface area contributed by atoms with Crippen LogP contribution < -0.4 is 0 Å². The van der Waals surface area contributed by atoms with Crippen molar-refractivity contribution in [3.8, 4) is 62.1 Å². The molecule has 0 aliphatic heterocycles. The normalized spacial score (nSPS) is 12.2. The molecule has 8 heteroatoms. The summed E-state index contributed by atoms with van der Waals surface area (Å²) in [6.45, 7) is 0. The second-order valence-electron chi connectivity index (χ2n) is 19.8. The Morgan fingerprint density at radius 1 is 0.299 bits per heavy atom. The highest BCUT2D eigenvalue weighted by atomic mass is 32.1. The molecular weight excluding hydrogens is 981 g/mol. The van der Waals surface area contributed by atoms with Gasteiger partial charge in [-0.15, -0.1) is 22.7 Å². The summed E-state index contributed by atoms with van der Waals surface area (Å²) in [5.74, 6) is 1.68. The van der Waals surface area contributed by atoms with E-state index in [1.165, 1.54) is 62.2 Å². The lowest BCUT2D eigenvalue weighted by Gasteiger charge is -2.12. The summed E-state index contributed by atoms with van der Waals surface area (Å²) >= 11 is 3.69. The average molecular weight is 1020 g/mol. The van der Waals surface area contributed by atoms with Gasteiger partial charge in [0.05, 0.1) is 11.0 Å². The van der Waals surface area contributed by atoms with Gasteiger partial charge in [-0.25, -0.2) is 15.0 Å². The Bertz CT molecular complexity index is 5300. The van der Waals surface area contributed by atoms with Gasteiger partial charge < -0.3 is 13.4 Å². The minimum absolute atomic E-state index is 0.548. The van der Waals surface area contributed by atoms with Crippen LogP contribution in [-0.2, 0) is 0 Å². The molecule has 0 unspecified atom stereocenters. The molecule has 0 spiro atoms. The van der Waals surface area contributed by atoms with Crippen molar-refractivity contribution < 1.29 is 8.83 Å². The molecule has 0 amide bonds. The van der Waals surface area contributed by atoms with Gasteiger partial charge in [-0.05, 0) is 102 Å². The van der Waals surface area contributed by atoms with Gasteiger partial charge in [0.2, 0.25) is 0 Å². The molecule has 0 atom stereocenters. The SMILES string of the molecule is c1ccc(-c2nc(-c3ccc4c(c3)oc3cc(-c5cccc6sc7ccccc7c56)ccc34)nc(-c3cccc4oc5ccc(-c6cccc7c8c9c(ccc8n(-c8ccccc8)c67)sc6ccccc69)cc5c34)n2)cc1. The van der Waals surface area contributed by atoms with Gasteiger partial charge in [0, 0.05) is 101 Å². The van der Waals surface area contributed by atoms with Crippen LogP contribution >= 0.6 is 22.7 Å². The van der Waals surface area contributed by atoms with Crippen LogP contribution in [0.4, 0.5) is 0 Å². The fraction of sp³-hybridized carbons (Fsp3) is 0. The highest BCUT2D eigenvalue weighted by Gasteiger charge is 2.24. The summed E-state index contributed by atoms with van der Waals surface area (Å²) in [5.41, 5.74) is 13.7. The van der Waals surface area contributed by atoms with Crippen LogP contribution in [0.5, 0.6) is 0 Å². The Balaban J connectivity index is 0.831. The standard InChI is InChI=1S/C69H38N4O2S2/c1-3-14-39(15-4-1)67-70-68(42-29-32-47-46-31-28-41(37-56(46)75-57(47)38-42)44-20-13-27-60-63(44)48-18-7-9-25-58(48)76-60)72-69(71-67)51-23-12-24-55-62(51)52-36-40(30-34-54(52)74-55)45-21-11-22-50-64-53(73(66(45)50)43-16-5-2-6-17-43)33-35-61-65(64)49-19-8-10-26-59(49)77-61/h1-38H. The number of hydrogen-bond acceptors (Lipinski definition) is 7. The van der Waals surface area contributed by atoms with Gasteiger partial charge in [0.15, 0.2) is 17.5 Å². The summed E-state index contributed by atoms with van der Waals surface area (Å²) in [4.78, 5) is 15.7. The molecule has 0 N–H and O–H groups in total. The molecule has 0 saturated carbocycles. The van der Waals surface area contributed by atoms with Crippen molar-refractivity contribution in [3.63, 3.8) is 0 Å². The zero-order valence-electron chi connectivity index (χ0n) is 40.9. The number of aromatic nitrogens is 4. The topological polar surface area (TPSA) is 69.9 Å². The number of hydrogen-bond donors (Lipinski definition) is 0. The van der Waals surface area contributed by atoms with Crippen LogP contribution in [-0.4, -0.2) is 19.5 Å². The minimum atomic E-state index is 0.548. The molecule has 0 aliphatic rings. The van der Waals surface area contributed by atoms with E-state index in [9.17, 15) is 0 Å². The predicted octanol–water partition coefficient (Wildman–Crippen LogP) is 19.8. The summed E-state index contributed by atoms with van der Waals surface area (Å²) in [7, 11) is 0. The Kier molecular flexibility index (Phi) is 9.07. The third-order valence-electron chi connectivity index (χ3n) is 15.5. The number of rotatable bonds is 6. The fourth-order valence-corrected chi connectivity index (χ4v) is 14.3. The zero-order valence-corrected chi connectivity index (χ0v) is 42.5. The van der Waals surface area contributed by atoms with Crippen molar-refractivity contribution in [1.29, 1.82) is 0 Å². The highest BCUT2D eigenvalue weighted by molar-refractivity contribution is 7.26. The minimum Gasteiger partial charge on any atom is -0.456 e. The van der Waals surface area contributed by atoms with Crippen LogP contribution in [0, 0.1) is 0 Å². The van der Waals surface area contributed by atoms with Crippen LogP contribution in [0.2, 0.25) is 0 Å². The Hall–Kier alpha value is -9.73. The lowest BCUT2D eigenvalue weighted by Crippen LogP contribution is -2.00. The van der Waals surface area contributed by atoms with Gasteiger partial charge in [-0.3, -0.25) is 0 Å². The maximum absolute atomic E-state index is 6.76. The molecule has 6 heterocycles. The lowest BCUT2D eigenvalue weighted by molar-refractivity contribution is 0.668. The zero-order chi connectivity index (χ0) is 50.3. The maximum Gasteiger partial charge on any atom is 0.164 e. The lowest BCUT2D eigenvalue weighted by atomic mass is 9.98. The third-order valence-corrected chi connectivity index (χ3v) is 17.7. The van der Waals surface area contributed by atoms with E-state index in [0.717, 1.165) is 88.5 Å². The Morgan fingerprint density at radius 3 is 1.68 bits per heavy atom. The molecule has 77 heavy (non-hydrogen) atoms. The monoisotopic (exact) mass is 1020 g/mol. The largest absolute Gasteiger partial charge is 0.456 e. The van der Waals surface area contributed by atoms with Crippen LogP contribution in [0.3, 0.4) is 0 Å². The second-order valence-corrected chi connectivity index (χ2v) is 21.9. The molecule has 0 fully saturated rings. The van der Waals surface area contributed by atoms with Gasteiger partial charge in [0.25, 0.3) is 0 Å². The van der Waals surface area contributed by atoms with Crippen molar-refractivity contribution in [2.24, 2.45) is 0 Å². The van der Waals surface area contributed by atoms with E-state index in [1.54, 1.807) is 0 Å². The molecule has 6 nitrogen and oxygen atoms in total. The van der Waals surface area contributed by atoms with Crippen molar-refractivity contribution in [3.05, 3.63) is 231 Å². The molecule has 6 aromatic heterocycles. The fourth-order valence-electron chi connectivity index (χ4n) is 12.1. The number of thiophene rings is 2. The number of fused-ring (bicyclic) bond motifs is 16. The molecule has 0 radical (unpaired) electrons. The van der Waals surface area contributed by atoms with Crippen molar-refractivity contribution >= 4 is 129 Å². The smallest absolute Gasteiger partial charge is 0.164 e. The summed E-state index contributed by atoms with van der Waals surface area (Å²) in [6, 6.07) is 81.8. The first-order chi connectivity index (χ1) is 38.1. The molecule has 11 aromatic carbocycles. The van der Waals surface area contributed by atoms with Gasteiger partial charge in [-0.2, -0.15) is 0 Å². The van der Waals surface area contributed by atoms with Crippen molar-refractivity contribution in [2.45, 2.75) is 0 Å². The molecule has 17 rings (SSSR count). The molecule has 0 saturated heterocycles. The molecule has 0 aliphatic carbocycles. The van der Waals surface area contributed by atoms with Gasteiger partial charge >= 0.3 is 0 Å². The first kappa shape index (κ1) is 42.6. The molecule has 358 valence electrons. The summed E-state index contributed by atoms with van der Waals surface area (Å²) < 4.78 is 21.0. The highest BCUT2D eigenvalue weighted by Crippen LogP contribution is 2.47. The number of furan rings is 2. The van der Waals surface area contributed by atoms with Gasteiger partial charge in [0.1, 0.15) is 22.3 Å². The molecule has 0 bridgehead atoms. The average Bonchev–Trinajstić information content (AvgIpc) is 4.39. The van der Waals surface area contributed by atoms with Crippen LogP contribution in [0.15, 0.2) is 239 Å². The van der Waals surface area contributed by atoms with E-state index < -0.39 is 0 Å². The third kappa shape index (κ3) is 6.43. The molecule has 17 aromatic rings. The van der Waals surface area contributed by atoms with E-state index >= 15 is 0 Å². The van der Waals surface area contributed by atoms with E-state index in [-0.39, 0.29) is 0 Å². The van der Waals surface area contributed by atoms with E-state index in [0.29, 0.717) is 17.5 Å². The first-order valence-corrected chi connectivity index (χ1v) is 27.4. The van der Waals surface area contributed by atoms with Crippen LogP contribution in [0.25, 0.3) is 168 Å². The first-order valence-electron chi connectivity index (χ1n) is 25.7. The second kappa shape index (κ2) is 16.4.